The van der Waals surface area contributed by atoms with Crippen molar-refractivity contribution in [2.24, 2.45) is 5.92 Å². The first kappa shape index (κ1) is 24.0. The molecule has 35 heavy (non-hydrogen) atoms. The van der Waals surface area contributed by atoms with Gasteiger partial charge in [0.25, 0.3) is 0 Å². The molecule has 2 aromatic carbocycles. The number of hydrogen-bond acceptors (Lipinski definition) is 4. The minimum atomic E-state index is -3.71. The normalized spacial score (nSPS) is 22.5. The fourth-order valence-corrected chi connectivity index (χ4v) is 7.31. The summed E-state index contributed by atoms with van der Waals surface area (Å²) in [5.41, 5.74) is 3.22. The Morgan fingerprint density at radius 1 is 1.06 bits per heavy atom. The standard InChI is InChI=1S/C27H33N3O4S/c1-27(2)22-17-20(11-12-24(22)29(3)26(27)32)35(33,34)30-15-13-19(14-16-30)25(31)28-23-10-6-8-18-7-4-5-9-21(18)23/h4-5,7,9,11-12,17,19,23H,6,8,10,13-16H2,1-3H3,(H,28,31)/t23-/m0/s1. The summed E-state index contributed by atoms with van der Waals surface area (Å²) in [7, 11) is -2.00. The Kier molecular flexibility index (Phi) is 6.00. The summed E-state index contributed by atoms with van der Waals surface area (Å²) in [4.78, 5) is 27.4. The molecule has 2 heterocycles. The van der Waals surface area contributed by atoms with E-state index in [1.54, 1.807) is 30.1 Å². The number of rotatable bonds is 4. The van der Waals surface area contributed by atoms with Gasteiger partial charge in [-0.3, -0.25) is 9.59 Å². The highest BCUT2D eigenvalue weighted by Crippen LogP contribution is 2.42. The van der Waals surface area contributed by atoms with E-state index in [1.807, 2.05) is 26.0 Å². The van der Waals surface area contributed by atoms with Crippen LogP contribution in [-0.2, 0) is 31.4 Å². The van der Waals surface area contributed by atoms with Gasteiger partial charge in [0.1, 0.15) is 0 Å². The molecule has 0 radical (unpaired) electrons. The third kappa shape index (κ3) is 4.06. The van der Waals surface area contributed by atoms with Crippen molar-refractivity contribution in [2.45, 2.75) is 62.3 Å². The van der Waals surface area contributed by atoms with Crippen LogP contribution in [0, 0.1) is 5.92 Å². The van der Waals surface area contributed by atoms with Crippen LogP contribution in [0.25, 0.3) is 0 Å². The molecule has 0 unspecified atom stereocenters. The molecule has 1 N–H and O–H groups in total. The van der Waals surface area contributed by atoms with Crippen LogP contribution >= 0.6 is 0 Å². The van der Waals surface area contributed by atoms with E-state index in [-0.39, 0.29) is 28.7 Å². The molecule has 186 valence electrons. The molecule has 1 fully saturated rings. The Balaban J connectivity index is 1.26. The van der Waals surface area contributed by atoms with Gasteiger partial charge in [-0.15, -0.1) is 0 Å². The van der Waals surface area contributed by atoms with Gasteiger partial charge in [-0.2, -0.15) is 4.31 Å². The topological polar surface area (TPSA) is 86.8 Å². The van der Waals surface area contributed by atoms with E-state index in [4.69, 9.17) is 0 Å². The number of sulfonamides is 1. The first-order chi connectivity index (χ1) is 16.6. The highest BCUT2D eigenvalue weighted by Gasteiger charge is 2.43. The highest BCUT2D eigenvalue weighted by molar-refractivity contribution is 7.89. The van der Waals surface area contributed by atoms with Gasteiger partial charge in [0.15, 0.2) is 0 Å². The average molecular weight is 496 g/mol. The number of fused-ring (bicyclic) bond motifs is 2. The van der Waals surface area contributed by atoms with E-state index in [0.29, 0.717) is 25.9 Å². The molecule has 2 aromatic rings. The summed E-state index contributed by atoms with van der Waals surface area (Å²) in [5.74, 6) is -0.222. The summed E-state index contributed by atoms with van der Waals surface area (Å²) >= 11 is 0. The number of nitrogens with one attached hydrogen (secondary N) is 1. The van der Waals surface area contributed by atoms with Crippen LogP contribution < -0.4 is 10.2 Å². The van der Waals surface area contributed by atoms with Crippen molar-refractivity contribution < 1.29 is 18.0 Å². The number of carbonyl (C=O) groups is 2. The van der Waals surface area contributed by atoms with Crippen LogP contribution in [0.15, 0.2) is 47.4 Å². The number of piperidine rings is 1. The van der Waals surface area contributed by atoms with Gasteiger partial charge in [-0.05, 0) is 80.8 Å². The average Bonchev–Trinajstić information content (AvgIpc) is 3.04. The summed E-state index contributed by atoms with van der Waals surface area (Å²) in [5, 5.41) is 3.23. The molecule has 0 aromatic heterocycles. The van der Waals surface area contributed by atoms with Gasteiger partial charge in [-0.1, -0.05) is 24.3 Å². The van der Waals surface area contributed by atoms with Gasteiger partial charge in [0.2, 0.25) is 21.8 Å². The lowest BCUT2D eigenvalue weighted by molar-refractivity contribution is -0.127. The summed E-state index contributed by atoms with van der Waals surface area (Å²) < 4.78 is 28.3. The fraction of sp³-hybridized carbons (Fsp3) is 0.481. The number of aryl methyl sites for hydroxylation is 1. The van der Waals surface area contributed by atoms with Crippen molar-refractivity contribution >= 4 is 27.5 Å². The molecule has 0 spiro atoms. The van der Waals surface area contributed by atoms with Crippen LogP contribution in [0.5, 0.6) is 0 Å². The van der Waals surface area contributed by atoms with Crippen molar-refractivity contribution in [1.82, 2.24) is 9.62 Å². The van der Waals surface area contributed by atoms with Crippen molar-refractivity contribution in [3.05, 3.63) is 59.2 Å². The Morgan fingerprint density at radius 2 is 1.77 bits per heavy atom. The predicted molar refractivity (Wildman–Crippen MR) is 135 cm³/mol. The molecule has 5 rings (SSSR count). The minimum absolute atomic E-state index is 0.0181. The largest absolute Gasteiger partial charge is 0.349 e. The van der Waals surface area contributed by atoms with E-state index >= 15 is 0 Å². The summed E-state index contributed by atoms with van der Waals surface area (Å²) in [6, 6.07) is 13.3. The van der Waals surface area contributed by atoms with Crippen LogP contribution in [0.3, 0.4) is 0 Å². The number of hydrogen-bond donors (Lipinski definition) is 1. The monoisotopic (exact) mass is 495 g/mol. The Labute approximate surface area is 207 Å². The number of anilines is 1. The molecule has 0 bridgehead atoms. The zero-order chi connectivity index (χ0) is 25.0. The molecule has 1 saturated heterocycles. The molecule has 7 nitrogen and oxygen atoms in total. The van der Waals surface area contributed by atoms with Crippen LogP contribution in [0.1, 0.15) is 62.3 Å². The third-order valence-electron chi connectivity index (χ3n) is 7.99. The van der Waals surface area contributed by atoms with Crippen molar-refractivity contribution in [1.29, 1.82) is 0 Å². The van der Waals surface area contributed by atoms with E-state index in [1.165, 1.54) is 15.4 Å². The number of nitrogens with zero attached hydrogens (tertiary/aromatic N) is 2. The SMILES string of the molecule is CN1C(=O)C(C)(C)c2cc(S(=O)(=O)N3CCC(C(=O)N[C@H]4CCCc5ccccc54)CC3)ccc21. The van der Waals surface area contributed by atoms with Gasteiger partial charge in [0.05, 0.1) is 16.4 Å². The molecule has 1 atom stereocenters. The van der Waals surface area contributed by atoms with E-state index in [0.717, 1.165) is 30.5 Å². The Hall–Kier alpha value is -2.71. The zero-order valence-corrected chi connectivity index (χ0v) is 21.4. The van der Waals surface area contributed by atoms with Crippen LogP contribution in [0.4, 0.5) is 5.69 Å². The van der Waals surface area contributed by atoms with Crippen LogP contribution in [-0.4, -0.2) is 44.7 Å². The lowest BCUT2D eigenvalue weighted by Gasteiger charge is -2.33. The molecule has 2 aliphatic heterocycles. The molecule has 3 aliphatic rings. The molecular formula is C27H33N3O4S. The molecule has 0 saturated carbocycles. The lowest BCUT2D eigenvalue weighted by Crippen LogP contribution is -2.44. The van der Waals surface area contributed by atoms with Gasteiger partial charge < -0.3 is 10.2 Å². The minimum Gasteiger partial charge on any atom is -0.349 e. The van der Waals surface area contributed by atoms with E-state index in [2.05, 4.69) is 17.4 Å². The van der Waals surface area contributed by atoms with E-state index in [9.17, 15) is 18.0 Å². The zero-order valence-electron chi connectivity index (χ0n) is 20.6. The smallest absolute Gasteiger partial charge is 0.243 e. The number of carbonyl (C=O) groups excluding carboxylic acids is 2. The van der Waals surface area contributed by atoms with Gasteiger partial charge in [-0.25, -0.2) is 8.42 Å². The van der Waals surface area contributed by atoms with Crippen molar-refractivity contribution in [2.75, 3.05) is 25.0 Å². The van der Waals surface area contributed by atoms with Crippen molar-refractivity contribution in [3.63, 3.8) is 0 Å². The quantitative estimate of drug-likeness (QED) is 0.703. The maximum atomic E-state index is 13.4. The highest BCUT2D eigenvalue weighted by atomic mass is 32.2. The summed E-state index contributed by atoms with van der Waals surface area (Å²) in [6.45, 7) is 4.26. The number of likely N-dealkylation sites (N-methyl/N-ethyl adjacent to an activating group) is 1. The lowest BCUT2D eigenvalue weighted by atomic mass is 9.86. The second-order valence-electron chi connectivity index (χ2n) is 10.5. The first-order valence-corrected chi connectivity index (χ1v) is 13.9. The Morgan fingerprint density at radius 3 is 2.51 bits per heavy atom. The second kappa shape index (κ2) is 8.75. The van der Waals surface area contributed by atoms with Crippen LogP contribution in [0.2, 0.25) is 0 Å². The number of amides is 2. The predicted octanol–water partition coefficient (Wildman–Crippen LogP) is 3.54. The fourth-order valence-electron chi connectivity index (χ4n) is 5.81. The Bertz CT molecular complexity index is 1280. The van der Waals surface area contributed by atoms with Gasteiger partial charge >= 0.3 is 0 Å². The number of benzene rings is 2. The second-order valence-corrected chi connectivity index (χ2v) is 12.4. The summed E-state index contributed by atoms with van der Waals surface area (Å²) in [6.07, 6.45) is 4.03. The first-order valence-electron chi connectivity index (χ1n) is 12.4. The molecule has 2 amide bonds. The van der Waals surface area contributed by atoms with Gasteiger partial charge in [0, 0.05) is 31.7 Å². The third-order valence-corrected chi connectivity index (χ3v) is 9.89. The molecule has 8 heteroatoms. The van der Waals surface area contributed by atoms with E-state index < -0.39 is 15.4 Å². The molecule has 1 aliphatic carbocycles. The van der Waals surface area contributed by atoms with Crippen molar-refractivity contribution in [3.8, 4) is 0 Å². The maximum absolute atomic E-state index is 13.4. The maximum Gasteiger partial charge on any atom is 0.243 e. The molecular weight excluding hydrogens is 462 g/mol.